The molecule has 0 saturated carbocycles. The van der Waals surface area contributed by atoms with Crippen molar-refractivity contribution in [1.29, 1.82) is 0 Å². The van der Waals surface area contributed by atoms with Crippen LogP contribution in [-0.4, -0.2) is 66.4 Å². The van der Waals surface area contributed by atoms with Crippen LogP contribution in [0.1, 0.15) is 38.3 Å². The number of nitrogens with zero attached hydrogens (tertiary/aromatic N) is 2. The van der Waals surface area contributed by atoms with Gasteiger partial charge in [-0.25, -0.2) is 0 Å². The number of anilines is 1. The molecule has 1 aliphatic rings. The summed E-state index contributed by atoms with van der Waals surface area (Å²) in [4.78, 5) is 29.0. The minimum absolute atomic E-state index is 0.0184. The van der Waals surface area contributed by atoms with E-state index in [0.717, 1.165) is 43.9 Å². The number of carbonyl (C=O) groups excluding carboxylic acids is 2. The van der Waals surface area contributed by atoms with Crippen molar-refractivity contribution < 1.29 is 9.59 Å². The minimum atomic E-state index is -0.193. The molecule has 0 bridgehead atoms. The lowest BCUT2D eigenvalue weighted by Crippen LogP contribution is -2.54. The lowest BCUT2D eigenvalue weighted by atomic mass is 10.1. The van der Waals surface area contributed by atoms with Gasteiger partial charge in [0.15, 0.2) is 0 Å². The molecular weight excluding hydrogens is 340 g/mol. The Morgan fingerprint density at radius 3 is 2.37 bits per heavy atom. The number of aryl methyl sites for hydroxylation is 2. The number of nitrogens with one attached hydrogen (secondary N) is 2. The summed E-state index contributed by atoms with van der Waals surface area (Å²) >= 11 is 0. The van der Waals surface area contributed by atoms with E-state index in [1.807, 2.05) is 39.8 Å². The zero-order chi connectivity index (χ0) is 20.0. The first-order valence-electron chi connectivity index (χ1n) is 9.94. The highest BCUT2D eigenvalue weighted by Gasteiger charge is 2.26. The van der Waals surface area contributed by atoms with Crippen molar-refractivity contribution in [2.75, 3.05) is 38.0 Å². The summed E-state index contributed by atoms with van der Waals surface area (Å²) in [6, 6.07) is 6.07. The first kappa shape index (κ1) is 21.4. The normalized spacial score (nSPS) is 18.0. The summed E-state index contributed by atoms with van der Waals surface area (Å²) in [5.74, 6) is 0.100. The quantitative estimate of drug-likeness (QED) is 0.768. The zero-order valence-electron chi connectivity index (χ0n) is 17.3. The van der Waals surface area contributed by atoms with Gasteiger partial charge in [-0.2, -0.15) is 0 Å². The zero-order valence-corrected chi connectivity index (χ0v) is 17.3. The number of rotatable bonds is 7. The number of piperazine rings is 1. The van der Waals surface area contributed by atoms with Gasteiger partial charge >= 0.3 is 0 Å². The minimum Gasteiger partial charge on any atom is -0.353 e. The molecule has 0 spiro atoms. The fraction of sp³-hybridized carbons (Fsp3) is 0.619. The third-order valence-electron chi connectivity index (χ3n) is 5.36. The van der Waals surface area contributed by atoms with Crippen LogP contribution in [0, 0.1) is 13.8 Å². The van der Waals surface area contributed by atoms with Crippen LogP contribution in [-0.2, 0) is 9.59 Å². The second-order valence-corrected chi connectivity index (χ2v) is 7.67. The van der Waals surface area contributed by atoms with Crippen molar-refractivity contribution >= 4 is 17.5 Å². The summed E-state index contributed by atoms with van der Waals surface area (Å²) in [7, 11) is 0. The van der Waals surface area contributed by atoms with E-state index in [1.165, 1.54) is 5.56 Å². The number of amides is 2. The van der Waals surface area contributed by atoms with Crippen LogP contribution < -0.4 is 10.6 Å². The average molecular weight is 375 g/mol. The van der Waals surface area contributed by atoms with Gasteiger partial charge < -0.3 is 10.6 Å². The van der Waals surface area contributed by atoms with E-state index < -0.39 is 0 Å². The lowest BCUT2D eigenvalue weighted by Gasteiger charge is -2.37. The van der Waals surface area contributed by atoms with E-state index in [4.69, 9.17) is 0 Å². The molecule has 1 heterocycles. The van der Waals surface area contributed by atoms with Gasteiger partial charge in [-0.1, -0.05) is 24.6 Å². The van der Waals surface area contributed by atoms with E-state index in [-0.39, 0.29) is 23.9 Å². The number of carbonyl (C=O) groups is 2. The van der Waals surface area contributed by atoms with Crippen LogP contribution in [0.2, 0.25) is 0 Å². The van der Waals surface area contributed by atoms with Gasteiger partial charge in [-0.05, 0) is 45.7 Å². The highest BCUT2D eigenvalue weighted by atomic mass is 16.2. The molecule has 1 aromatic carbocycles. The smallest absolute Gasteiger partial charge is 0.241 e. The molecule has 6 heteroatoms. The second kappa shape index (κ2) is 9.85. The second-order valence-electron chi connectivity index (χ2n) is 7.67. The van der Waals surface area contributed by atoms with Crippen LogP contribution in [0.3, 0.4) is 0 Å². The summed E-state index contributed by atoms with van der Waals surface area (Å²) in [5.41, 5.74) is 3.14. The molecular formula is C21H34N4O2. The Bertz CT molecular complexity index is 654. The van der Waals surface area contributed by atoms with Crippen molar-refractivity contribution in [3.63, 3.8) is 0 Å². The number of benzene rings is 1. The Hall–Kier alpha value is -1.92. The van der Waals surface area contributed by atoms with Gasteiger partial charge in [0.25, 0.3) is 0 Å². The Labute approximate surface area is 163 Å². The number of hydrogen-bond acceptors (Lipinski definition) is 4. The van der Waals surface area contributed by atoms with Crippen molar-refractivity contribution in [2.24, 2.45) is 0 Å². The average Bonchev–Trinajstić information content (AvgIpc) is 2.63. The molecule has 1 fully saturated rings. The molecule has 2 atom stereocenters. The Balaban J connectivity index is 1.80. The van der Waals surface area contributed by atoms with Crippen LogP contribution >= 0.6 is 0 Å². The maximum atomic E-state index is 12.6. The number of hydrogen-bond donors (Lipinski definition) is 2. The maximum absolute atomic E-state index is 12.6. The first-order chi connectivity index (χ1) is 12.8. The Morgan fingerprint density at radius 1 is 1.11 bits per heavy atom. The topological polar surface area (TPSA) is 64.7 Å². The Kier molecular flexibility index (Phi) is 7.80. The van der Waals surface area contributed by atoms with Crippen molar-refractivity contribution in [3.05, 3.63) is 29.3 Å². The van der Waals surface area contributed by atoms with Gasteiger partial charge in [0.1, 0.15) is 0 Å². The SMILES string of the molecule is CCC(C)NC(=O)CN1CCN(C(C)C(=O)Nc2ccc(C)cc2C)CC1. The van der Waals surface area contributed by atoms with Crippen molar-refractivity contribution in [1.82, 2.24) is 15.1 Å². The molecule has 1 saturated heterocycles. The monoisotopic (exact) mass is 374 g/mol. The summed E-state index contributed by atoms with van der Waals surface area (Å²) in [5, 5.41) is 6.05. The van der Waals surface area contributed by atoms with Crippen LogP contribution in [0.5, 0.6) is 0 Å². The molecule has 2 rings (SSSR count). The largest absolute Gasteiger partial charge is 0.353 e. The standard InChI is InChI=1S/C21H34N4O2/c1-6-17(4)22-20(26)14-24-9-11-25(12-10-24)18(5)21(27)23-19-8-7-15(2)13-16(19)3/h7-8,13,17-18H,6,9-12,14H2,1-5H3,(H,22,26)(H,23,27). The summed E-state index contributed by atoms with van der Waals surface area (Å²) in [6.45, 7) is 13.7. The van der Waals surface area contributed by atoms with Gasteiger partial charge in [-0.3, -0.25) is 19.4 Å². The molecule has 27 heavy (non-hydrogen) atoms. The van der Waals surface area contributed by atoms with Gasteiger partial charge in [0.2, 0.25) is 11.8 Å². The van der Waals surface area contributed by atoms with E-state index in [2.05, 4.69) is 33.4 Å². The molecule has 2 N–H and O–H groups in total. The summed E-state index contributed by atoms with van der Waals surface area (Å²) in [6.07, 6.45) is 0.937. The van der Waals surface area contributed by atoms with Gasteiger partial charge in [0, 0.05) is 37.9 Å². The van der Waals surface area contributed by atoms with Crippen molar-refractivity contribution in [2.45, 2.75) is 53.1 Å². The van der Waals surface area contributed by atoms with Crippen molar-refractivity contribution in [3.8, 4) is 0 Å². The van der Waals surface area contributed by atoms with E-state index in [9.17, 15) is 9.59 Å². The lowest BCUT2D eigenvalue weighted by molar-refractivity contribution is -0.125. The molecule has 0 radical (unpaired) electrons. The summed E-state index contributed by atoms with van der Waals surface area (Å²) < 4.78 is 0. The molecule has 0 aromatic heterocycles. The highest BCUT2D eigenvalue weighted by molar-refractivity contribution is 5.95. The van der Waals surface area contributed by atoms with Gasteiger partial charge in [-0.15, -0.1) is 0 Å². The Morgan fingerprint density at radius 2 is 1.78 bits per heavy atom. The fourth-order valence-corrected chi connectivity index (χ4v) is 3.29. The highest BCUT2D eigenvalue weighted by Crippen LogP contribution is 2.17. The fourth-order valence-electron chi connectivity index (χ4n) is 3.29. The molecule has 6 nitrogen and oxygen atoms in total. The van der Waals surface area contributed by atoms with E-state index in [1.54, 1.807) is 0 Å². The van der Waals surface area contributed by atoms with Crippen LogP contribution in [0.25, 0.3) is 0 Å². The molecule has 1 aliphatic heterocycles. The third kappa shape index (κ3) is 6.33. The molecule has 1 aromatic rings. The maximum Gasteiger partial charge on any atom is 0.241 e. The molecule has 0 aliphatic carbocycles. The molecule has 2 unspecified atom stereocenters. The first-order valence-corrected chi connectivity index (χ1v) is 9.94. The van der Waals surface area contributed by atoms with Crippen LogP contribution in [0.4, 0.5) is 5.69 Å². The van der Waals surface area contributed by atoms with E-state index >= 15 is 0 Å². The predicted octanol–water partition coefficient (Wildman–Crippen LogP) is 2.16. The van der Waals surface area contributed by atoms with E-state index in [0.29, 0.717) is 6.54 Å². The third-order valence-corrected chi connectivity index (χ3v) is 5.36. The van der Waals surface area contributed by atoms with Gasteiger partial charge in [0.05, 0.1) is 12.6 Å². The molecule has 2 amide bonds. The molecule has 150 valence electrons. The van der Waals surface area contributed by atoms with Crippen LogP contribution in [0.15, 0.2) is 18.2 Å². The predicted molar refractivity (Wildman–Crippen MR) is 110 cm³/mol.